The van der Waals surface area contributed by atoms with Gasteiger partial charge in [-0.15, -0.1) is 0 Å². The molecule has 0 aliphatic rings. The Bertz CT molecular complexity index is 731. The number of carbonyl (C=O) groups excluding carboxylic acids is 1. The van der Waals surface area contributed by atoms with E-state index in [0.29, 0.717) is 17.3 Å². The van der Waals surface area contributed by atoms with Gasteiger partial charge in [-0.3, -0.25) is 4.79 Å². The molecule has 20 heavy (non-hydrogen) atoms. The van der Waals surface area contributed by atoms with Gasteiger partial charge in [0.2, 0.25) is 0 Å². The summed E-state index contributed by atoms with van der Waals surface area (Å²) in [7, 11) is 0. The third-order valence-electron chi connectivity index (χ3n) is 3.18. The molecule has 0 unspecified atom stereocenters. The second kappa shape index (κ2) is 5.43. The highest BCUT2D eigenvalue weighted by atomic mass is 35.5. The second-order valence-corrected chi connectivity index (χ2v) is 4.97. The molecule has 0 atom stereocenters. The van der Waals surface area contributed by atoms with Crippen molar-refractivity contribution in [3.8, 4) is 0 Å². The van der Waals surface area contributed by atoms with Crippen LogP contribution in [-0.4, -0.2) is 22.0 Å². The number of halogens is 1. The number of aromatic amines is 1. The topological polar surface area (TPSA) is 49.8 Å². The van der Waals surface area contributed by atoms with Gasteiger partial charge >= 0.3 is 0 Å². The minimum absolute atomic E-state index is 0.121. The largest absolute Gasteiger partial charge is 0.353 e. The van der Waals surface area contributed by atoms with E-state index in [4.69, 9.17) is 11.6 Å². The van der Waals surface area contributed by atoms with Crippen LogP contribution in [-0.2, 0) is 6.54 Å². The second-order valence-electron chi connectivity index (χ2n) is 4.56. The summed E-state index contributed by atoms with van der Waals surface area (Å²) in [5.41, 5.74) is 1.40. The van der Waals surface area contributed by atoms with Crippen molar-refractivity contribution in [2.75, 3.05) is 6.54 Å². The molecule has 2 aromatic heterocycles. The fraction of sp³-hybridized carbons (Fsp3) is 0.133. The molecule has 0 aliphatic heterocycles. The summed E-state index contributed by atoms with van der Waals surface area (Å²) >= 11 is 6.09. The van der Waals surface area contributed by atoms with E-state index in [-0.39, 0.29) is 5.91 Å². The summed E-state index contributed by atoms with van der Waals surface area (Å²) in [6.07, 6.45) is 3.93. The predicted octanol–water partition coefficient (Wildman–Crippen LogP) is 3.05. The third kappa shape index (κ3) is 2.56. The van der Waals surface area contributed by atoms with Crippen molar-refractivity contribution in [2.24, 2.45) is 0 Å². The highest BCUT2D eigenvalue weighted by Gasteiger charge is 2.10. The molecule has 3 aromatic rings. The van der Waals surface area contributed by atoms with Gasteiger partial charge in [-0.25, -0.2) is 0 Å². The molecule has 5 heteroatoms. The number of carbonyl (C=O) groups is 1. The number of rotatable bonds is 4. The number of fused-ring (bicyclic) bond motifs is 1. The van der Waals surface area contributed by atoms with Crippen LogP contribution in [0.4, 0.5) is 0 Å². The number of amides is 1. The summed E-state index contributed by atoms with van der Waals surface area (Å²) in [5.74, 6) is -0.121. The molecule has 102 valence electrons. The number of nitrogens with one attached hydrogen (secondary N) is 2. The van der Waals surface area contributed by atoms with Crippen LogP contribution in [0.15, 0.2) is 48.8 Å². The number of hydrogen-bond donors (Lipinski definition) is 2. The van der Waals surface area contributed by atoms with E-state index >= 15 is 0 Å². The van der Waals surface area contributed by atoms with Crippen LogP contribution in [0.3, 0.4) is 0 Å². The van der Waals surface area contributed by atoms with E-state index in [2.05, 4.69) is 10.3 Å². The van der Waals surface area contributed by atoms with Crippen LogP contribution in [0.2, 0.25) is 5.02 Å². The maximum atomic E-state index is 12.1. The fourth-order valence-electron chi connectivity index (χ4n) is 2.15. The molecule has 0 saturated heterocycles. The first kappa shape index (κ1) is 12.8. The maximum absolute atomic E-state index is 12.1. The molecule has 0 spiro atoms. The summed E-state index contributed by atoms with van der Waals surface area (Å²) in [4.78, 5) is 15.1. The SMILES string of the molecule is O=C(NCCn1cccc1)c1cc2c(Cl)cccc2[nH]1. The van der Waals surface area contributed by atoms with Crippen molar-refractivity contribution in [1.29, 1.82) is 0 Å². The fourth-order valence-corrected chi connectivity index (χ4v) is 2.38. The van der Waals surface area contributed by atoms with Crippen molar-refractivity contribution in [3.05, 3.63) is 59.5 Å². The highest BCUT2D eigenvalue weighted by Crippen LogP contribution is 2.23. The Morgan fingerprint density at radius 1 is 1.25 bits per heavy atom. The van der Waals surface area contributed by atoms with Crippen molar-refractivity contribution in [3.63, 3.8) is 0 Å². The lowest BCUT2D eigenvalue weighted by molar-refractivity contribution is 0.0948. The average molecular weight is 288 g/mol. The Balaban J connectivity index is 1.68. The first-order valence-corrected chi connectivity index (χ1v) is 6.78. The Morgan fingerprint density at radius 3 is 2.80 bits per heavy atom. The first-order chi connectivity index (χ1) is 9.74. The standard InChI is InChI=1S/C15H14ClN3O/c16-12-4-3-5-13-11(12)10-14(18-13)15(20)17-6-9-19-7-1-2-8-19/h1-5,7-8,10,18H,6,9H2,(H,17,20). The van der Waals surface area contributed by atoms with Crippen LogP contribution < -0.4 is 5.32 Å². The van der Waals surface area contributed by atoms with Gasteiger partial charge < -0.3 is 14.9 Å². The average Bonchev–Trinajstić information content (AvgIpc) is 3.07. The molecule has 0 saturated carbocycles. The Hall–Kier alpha value is -2.20. The molecule has 0 radical (unpaired) electrons. The van der Waals surface area contributed by atoms with E-state index in [0.717, 1.165) is 17.4 Å². The van der Waals surface area contributed by atoms with Crippen molar-refractivity contribution < 1.29 is 4.79 Å². The van der Waals surface area contributed by atoms with E-state index in [9.17, 15) is 4.79 Å². The Morgan fingerprint density at radius 2 is 2.05 bits per heavy atom. The zero-order valence-electron chi connectivity index (χ0n) is 10.8. The molecule has 0 aliphatic carbocycles. The molecule has 0 fully saturated rings. The van der Waals surface area contributed by atoms with Crippen molar-refractivity contribution in [2.45, 2.75) is 6.54 Å². The van der Waals surface area contributed by atoms with Gasteiger partial charge in [-0.1, -0.05) is 17.7 Å². The van der Waals surface area contributed by atoms with E-state index in [1.165, 1.54) is 0 Å². The van der Waals surface area contributed by atoms with Gasteiger partial charge in [0, 0.05) is 41.4 Å². The van der Waals surface area contributed by atoms with Crippen LogP contribution in [0.1, 0.15) is 10.5 Å². The van der Waals surface area contributed by atoms with E-state index in [1.54, 1.807) is 6.07 Å². The lowest BCUT2D eigenvalue weighted by atomic mass is 10.2. The van der Waals surface area contributed by atoms with Gasteiger partial charge in [0.25, 0.3) is 5.91 Å². The number of nitrogens with zero attached hydrogens (tertiary/aromatic N) is 1. The van der Waals surface area contributed by atoms with Gasteiger partial charge in [-0.05, 0) is 30.3 Å². The summed E-state index contributed by atoms with van der Waals surface area (Å²) in [6.45, 7) is 1.33. The zero-order chi connectivity index (χ0) is 13.9. The van der Waals surface area contributed by atoms with Crippen molar-refractivity contribution in [1.82, 2.24) is 14.9 Å². The van der Waals surface area contributed by atoms with Crippen LogP contribution in [0.5, 0.6) is 0 Å². The molecule has 4 nitrogen and oxygen atoms in total. The third-order valence-corrected chi connectivity index (χ3v) is 3.51. The molecule has 1 aromatic carbocycles. The van der Waals surface area contributed by atoms with Gasteiger partial charge in [0.15, 0.2) is 0 Å². The summed E-state index contributed by atoms with van der Waals surface area (Å²) in [5, 5.41) is 4.39. The molecule has 2 N–H and O–H groups in total. The highest BCUT2D eigenvalue weighted by molar-refractivity contribution is 6.35. The number of H-pyrrole nitrogens is 1. The number of aromatic nitrogens is 2. The molecule has 1 amide bonds. The summed E-state index contributed by atoms with van der Waals surface area (Å²) in [6, 6.07) is 11.3. The maximum Gasteiger partial charge on any atom is 0.267 e. The quantitative estimate of drug-likeness (QED) is 0.761. The van der Waals surface area contributed by atoms with Gasteiger partial charge in [0.05, 0.1) is 0 Å². The number of benzene rings is 1. The molecular weight excluding hydrogens is 274 g/mol. The first-order valence-electron chi connectivity index (χ1n) is 6.40. The van der Waals surface area contributed by atoms with Crippen LogP contribution in [0.25, 0.3) is 10.9 Å². The van der Waals surface area contributed by atoms with Crippen LogP contribution >= 0.6 is 11.6 Å². The molecule has 3 rings (SSSR count). The minimum atomic E-state index is -0.121. The Labute approximate surface area is 121 Å². The van der Waals surface area contributed by atoms with Gasteiger partial charge in [0.1, 0.15) is 5.69 Å². The predicted molar refractivity (Wildman–Crippen MR) is 80.1 cm³/mol. The zero-order valence-corrected chi connectivity index (χ0v) is 11.5. The van der Waals surface area contributed by atoms with Crippen molar-refractivity contribution >= 4 is 28.4 Å². The molecular formula is C15H14ClN3O. The van der Waals surface area contributed by atoms with E-state index in [1.807, 2.05) is 47.3 Å². The van der Waals surface area contributed by atoms with Crippen LogP contribution in [0, 0.1) is 0 Å². The molecule has 0 bridgehead atoms. The lowest BCUT2D eigenvalue weighted by Crippen LogP contribution is -2.27. The Kier molecular flexibility index (Phi) is 3.48. The molecule has 2 heterocycles. The minimum Gasteiger partial charge on any atom is -0.353 e. The smallest absolute Gasteiger partial charge is 0.267 e. The van der Waals surface area contributed by atoms with E-state index < -0.39 is 0 Å². The number of hydrogen-bond acceptors (Lipinski definition) is 1. The normalized spacial score (nSPS) is 10.8. The van der Waals surface area contributed by atoms with Gasteiger partial charge in [-0.2, -0.15) is 0 Å². The lowest BCUT2D eigenvalue weighted by Gasteiger charge is -2.04. The monoisotopic (exact) mass is 287 g/mol. The summed E-state index contributed by atoms with van der Waals surface area (Å²) < 4.78 is 2.02.